The van der Waals surface area contributed by atoms with Crippen LogP contribution in [0.3, 0.4) is 0 Å². The van der Waals surface area contributed by atoms with Gasteiger partial charge in [0.2, 0.25) is 5.91 Å². The molecule has 1 N–H and O–H groups in total. The van der Waals surface area contributed by atoms with Gasteiger partial charge in [-0.25, -0.2) is 4.39 Å². The molecule has 1 aromatic carbocycles. The lowest BCUT2D eigenvalue weighted by molar-refractivity contribution is -0.122. The van der Waals surface area contributed by atoms with Crippen LogP contribution >= 0.6 is 0 Å². The van der Waals surface area contributed by atoms with E-state index in [1.165, 1.54) is 12.1 Å². The second kappa shape index (κ2) is 8.84. The third-order valence-electron chi connectivity index (χ3n) is 4.04. The van der Waals surface area contributed by atoms with Gasteiger partial charge in [0.15, 0.2) is 0 Å². The topological polar surface area (TPSA) is 38.8 Å². The Morgan fingerprint density at radius 1 is 1.17 bits per heavy atom. The van der Waals surface area contributed by atoms with Crippen molar-refractivity contribution in [2.45, 2.75) is 6.42 Å². The maximum Gasteiger partial charge on any atom is 0.234 e. The lowest BCUT2D eigenvalue weighted by Gasteiger charge is -2.35. The fraction of sp³-hybridized carbons (Fsp3) is 0.588. The first-order valence-electron chi connectivity index (χ1n) is 8.19. The van der Waals surface area contributed by atoms with Crippen LogP contribution in [0, 0.1) is 5.82 Å². The molecule has 6 heteroatoms. The summed E-state index contributed by atoms with van der Waals surface area (Å²) in [5, 5.41) is 2.97. The average Bonchev–Trinajstić information content (AvgIpc) is 2.53. The van der Waals surface area contributed by atoms with E-state index in [2.05, 4.69) is 20.0 Å². The number of hydrogen-bond acceptors (Lipinski definition) is 4. The van der Waals surface area contributed by atoms with Gasteiger partial charge in [-0.05, 0) is 51.3 Å². The second-order valence-electron chi connectivity index (χ2n) is 6.25. The van der Waals surface area contributed by atoms with Crippen LogP contribution in [0.15, 0.2) is 24.3 Å². The number of halogens is 1. The van der Waals surface area contributed by atoms with Gasteiger partial charge in [-0.1, -0.05) is 0 Å². The molecule has 23 heavy (non-hydrogen) atoms. The van der Waals surface area contributed by atoms with Gasteiger partial charge in [0.05, 0.1) is 6.54 Å². The van der Waals surface area contributed by atoms with Crippen LogP contribution in [0.25, 0.3) is 0 Å². The molecule has 128 valence electrons. The number of rotatable bonds is 7. The first kappa shape index (κ1) is 17.7. The summed E-state index contributed by atoms with van der Waals surface area (Å²) in [5.41, 5.74) is 1.04. The summed E-state index contributed by atoms with van der Waals surface area (Å²) in [7, 11) is 4.06. The second-order valence-corrected chi connectivity index (χ2v) is 6.25. The molecule has 2 rings (SSSR count). The fourth-order valence-electron chi connectivity index (χ4n) is 2.70. The van der Waals surface area contributed by atoms with Crippen molar-refractivity contribution in [2.75, 3.05) is 64.8 Å². The molecule has 1 aliphatic rings. The fourth-order valence-corrected chi connectivity index (χ4v) is 2.70. The number of hydrogen-bond donors (Lipinski definition) is 1. The molecular formula is C17H27FN4O. The molecule has 0 aromatic heterocycles. The minimum absolute atomic E-state index is 0.0963. The largest absolute Gasteiger partial charge is 0.369 e. The Bertz CT molecular complexity index is 484. The Balaban J connectivity index is 1.66. The van der Waals surface area contributed by atoms with Crippen molar-refractivity contribution in [3.8, 4) is 0 Å². The standard InChI is InChI=1S/C17H27FN4O/c1-20(2)9-3-8-19-17(23)14-21-10-12-22(13-11-21)16-6-4-15(18)5-7-16/h4-7H,3,8-14H2,1-2H3,(H,19,23). The van der Waals surface area contributed by atoms with Gasteiger partial charge in [-0.2, -0.15) is 0 Å². The van der Waals surface area contributed by atoms with Gasteiger partial charge in [0, 0.05) is 38.4 Å². The number of nitrogens with zero attached hydrogens (tertiary/aromatic N) is 3. The number of piperazine rings is 1. The van der Waals surface area contributed by atoms with E-state index in [0.717, 1.165) is 51.4 Å². The molecule has 0 spiro atoms. The Morgan fingerprint density at radius 2 is 1.83 bits per heavy atom. The van der Waals surface area contributed by atoms with Crippen molar-refractivity contribution in [1.29, 1.82) is 0 Å². The highest BCUT2D eigenvalue weighted by Crippen LogP contribution is 2.16. The zero-order valence-corrected chi connectivity index (χ0v) is 14.1. The Kier molecular flexibility index (Phi) is 6.80. The lowest BCUT2D eigenvalue weighted by Crippen LogP contribution is -2.49. The van der Waals surface area contributed by atoms with Crippen molar-refractivity contribution in [2.24, 2.45) is 0 Å². The van der Waals surface area contributed by atoms with Crippen LogP contribution < -0.4 is 10.2 Å². The first-order chi connectivity index (χ1) is 11.0. The molecule has 1 saturated heterocycles. The lowest BCUT2D eigenvalue weighted by atomic mass is 10.2. The summed E-state index contributed by atoms with van der Waals surface area (Å²) in [6.07, 6.45) is 0.969. The summed E-state index contributed by atoms with van der Waals surface area (Å²) < 4.78 is 13.0. The highest BCUT2D eigenvalue weighted by Gasteiger charge is 2.19. The van der Waals surface area contributed by atoms with E-state index in [1.54, 1.807) is 0 Å². The van der Waals surface area contributed by atoms with E-state index in [1.807, 2.05) is 26.2 Å². The molecule has 0 bridgehead atoms. The van der Waals surface area contributed by atoms with Crippen LogP contribution in [0.4, 0.5) is 10.1 Å². The quantitative estimate of drug-likeness (QED) is 0.761. The van der Waals surface area contributed by atoms with Gasteiger partial charge in [-0.15, -0.1) is 0 Å². The number of nitrogens with one attached hydrogen (secondary N) is 1. The van der Waals surface area contributed by atoms with E-state index in [0.29, 0.717) is 6.54 Å². The van der Waals surface area contributed by atoms with Crippen LogP contribution in [0.5, 0.6) is 0 Å². The maximum atomic E-state index is 13.0. The number of anilines is 1. The van der Waals surface area contributed by atoms with Crippen LogP contribution in [0.1, 0.15) is 6.42 Å². The Hall–Kier alpha value is -1.66. The number of benzene rings is 1. The van der Waals surface area contributed by atoms with Gasteiger partial charge in [-0.3, -0.25) is 9.69 Å². The average molecular weight is 322 g/mol. The monoisotopic (exact) mass is 322 g/mol. The molecule has 5 nitrogen and oxygen atoms in total. The molecule has 1 heterocycles. The van der Waals surface area contributed by atoms with Crippen molar-refractivity contribution in [3.05, 3.63) is 30.1 Å². The number of carbonyl (C=O) groups is 1. The van der Waals surface area contributed by atoms with Crippen molar-refractivity contribution >= 4 is 11.6 Å². The molecule has 1 aromatic rings. The normalized spacial score (nSPS) is 15.9. The Morgan fingerprint density at radius 3 is 2.43 bits per heavy atom. The summed E-state index contributed by atoms with van der Waals surface area (Å²) in [6, 6.07) is 6.59. The van der Waals surface area contributed by atoms with Crippen LogP contribution in [-0.2, 0) is 4.79 Å². The van der Waals surface area contributed by atoms with Gasteiger partial charge in [0.25, 0.3) is 0 Å². The number of carbonyl (C=O) groups excluding carboxylic acids is 1. The molecule has 1 fully saturated rings. The molecule has 0 aliphatic carbocycles. The smallest absolute Gasteiger partial charge is 0.234 e. The first-order valence-corrected chi connectivity index (χ1v) is 8.19. The third-order valence-corrected chi connectivity index (χ3v) is 4.04. The van der Waals surface area contributed by atoms with Gasteiger partial charge >= 0.3 is 0 Å². The van der Waals surface area contributed by atoms with E-state index in [4.69, 9.17) is 0 Å². The number of amides is 1. The summed E-state index contributed by atoms with van der Waals surface area (Å²) >= 11 is 0. The van der Waals surface area contributed by atoms with Gasteiger partial charge in [0.1, 0.15) is 5.82 Å². The predicted octanol–water partition coefficient (Wildman–Crippen LogP) is 1.02. The van der Waals surface area contributed by atoms with E-state index in [9.17, 15) is 9.18 Å². The van der Waals surface area contributed by atoms with Crippen molar-refractivity contribution in [3.63, 3.8) is 0 Å². The predicted molar refractivity (Wildman–Crippen MR) is 91.2 cm³/mol. The highest BCUT2D eigenvalue weighted by molar-refractivity contribution is 5.78. The van der Waals surface area contributed by atoms with Crippen molar-refractivity contribution in [1.82, 2.24) is 15.1 Å². The molecule has 0 saturated carbocycles. The summed E-state index contributed by atoms with van der Waals surface area (Å²) in [4.78, 5) is 18.4. The molecule has 1 aliphatic heterocycles. The minimum Gasteiger partial charge on any atom is -0.369 e. The van der Waals surface area contributed by atoms with Gasteiger partial charge < -0.3 is 15.1 Å². The van der Waals surface area contributed by atoms with Crippen molar-refractivity contribution < 1.29 is 9.18 Å². The molecule has 0 radical (unpaired) electrons. The summed E-state index contributed by atoms with van der Waals surface area (Å²) in [5.74, 6) is -0.114. The zero-order valence-electron chi connectivity index (χ0n) is 14.1. The molecular weight excluding hydrogens is 295 g/mol. The third kappa shape index (κ3) is 6.15. The van der Waals surface area contributed by atoms with Crippen LogP contribution in [0.2, 0.25) is 0 Å². The molecule has 0 unspecified atom stereocenters. The Labute approximate surface area is 138 Å². The van der Waals surface area contributed by atoms with Crippen LogP contribution in [-0.4, -0.2) is 75.6 Å². The molecule has 0 atom stereocenters. The summed E-state index contributed by atoms with van der Waals surface area (Å²) in [6.45, 7) is 5.59. The van der Waals surface area contributed by atoms with E-state index < -0.39 is 0 Å². The highest BCUT2D eigenvalue weighted by atomic mass is 19.1. The maximum absolute atomic E-state index is 13.0. The minimum atomic E-state index is -0.210. The van der Waals surface area contributed by atoms with E-state index >= 15 is 0 Å². The van der Waals surface area contributed by atoms with E-state index in [-0.39, 0.29) is 11.7 Å². The zero-order chi connectivity index (χ0) is 16.7. The molecule has 1 amide bonds. The SMILES string of the molecule is CN(C)CCCNC(=O)CN1CCN(c2ccc(F)cc2)CC1.